The molecule has 0 fully saturated rings. The molecule has 0 aliphatic heterocycles. The standard InChI is InChI=1S/C20H18N4O4/c1-23-17-9-14(28-2)6-7-15(17)16-10-21-24(19(25)18(16)23)11-12-4-3-5-13(8-12)22-20(26)27/h3-10,22H,11H2,1-2H3,(H,26,27). The van der Waals surface area contributed by atoms with Crippen molar-refractivity contribution in [3.63, 3.8) is 0 Å². The van der Waals surface area contributed by atoms with Crippen LogP contribution in [0.2, 0.25) is 0 Å². The van der Waals surface area contributed by atoms with Crippen LogP contribution in [0.25, 0.3) is 21.8 Å². The van der Waals surface area contributed by atoms with Crippen molar-refractivity contribution in [2.75, 3.05) is 12.4 Å². The number of methoxy groups -OCH3 is 1. The zero-order chi connectivity index (χ0) is 19.8. The van der Waals surface area contributed by atoms with Crippen LogP contribution in [0.4, 0.5) is 10.5 Å². The molecule has 0 saturated carbocycles. The number of rotatable bonds is 4. The molecule has 4 aromatic rings. The molecule has 142 valence electrons. The lowest BCUT2D eigenvalue weighted by atomic mass is 10.2. The maximum atomic E-state index is 13.1. The van der Waals surface area contributed by atoms with Gasteiger partial charge in [-0.1, -0.05) is 12.1 Å². The molecule has 0 radical (unpaired) electrons. The van der Waals surface area contributed by atoms with Crippen LogP contribution in [0.5, 0.6) is 5.75 Å². The minimum Gasteiger partial charge on any atom is -0.497 e. The number of ether oxygens (including phenoxy) is 1. The molecule has 0 atom stereocenters. The number of benzene rings is 2. The molecule has 2 aromatic carbocycles. The number of amides is 1. The van der Waals surface area contributed by atoms with Gasteiger partial charge in [-0.25, -0.2) is 9.48 Å². The van der Waals surface area contributed by atoms with E-state index in [9.17, 15) is 9.59 Å². The first-order valence-corrected chi connectivity index (χ1v) is 8.59. The van der Waals surface area contributed by atoms with E-state index in [0.29, 0.717) is 11.2 Å². The van der Waals surface area contributed by atoms with Gasteiger partial charge >= 0.3 is 6.09 Å². The summed E-state index contributed by atoms with van der Waals surface area (Å²) in [7, 11) is 3.44. The summed E-state index contributed by atoms with van der Waals surface area (Å²) in [6, 6.07) is 12.5. The van der Waals surface area contributed by atoms with E-state index in [2.05, 4.69) is 10.4 Å². The number of nitrogens with one attached hydrogen (secondary N) is 1. The molecule has 4 rings (SSSR count). The predicted octanol–water partition coefficient (Wildman–Crippen LogP) is 3.04. The van der Waals surface area contributed by atoms with Gasteiger partial charge in [0.1, 0.15) is 11.3 Å². The van der Waals surface area contributed by atoms with Gasteiger partial charge < -0.3 is 14.4 Å². The summed E-state index contributed by atoms with van der Waals surface area (Å²) in [5.41, 5.74) is 2.43. The van der Waals surface area contributed by atoms with E-state index in [1.165, 1.54) is 4.68 Å². The number of anilines is 1. The zero-order valence-corrected chi connectivity index (χ0v) is 15.3. The molecule has 0 bridgehead atoms. The molecular formula is C20H18N4O4. The molecule has 1 amide bonds. The van der Waals surface area contributed by atoms with Gasteiger partial charge in [0.05, 0.1) is 25.4 Å². The Bertz CT molecular complexity index is 1270. The van der Waals surface area contributed by atoms with E-state index < -0.39 is 6.09 Å². The number of carboxylic acid groups (broad SMARTS) is 1. The molecule has 0 aliphatic carbocycles. The normalized spacial score (nSPS) is 11.1. The van der Waals surface area contributed by atoms with E-state index in [4.69, 9.17) is 9.84 Å². The molecule has 8 heteroatoms. The number of nitrogens with zero attached hydrogens (tertiary/aromatic N) is 3. The van der Waals surface area contributed by atoms with Crippen LogP contribution in [0.15, 0.2) is 53.5 Å². The van der Waals surface area contributed by atoms with E-state index in [0.717, 1.165) is 27.6 Å². The quantitative estimate of drug-likeness (QED) is 0.569. The van der Waals surface area contributed by atoms with Gasteiger partial charge in [0.15, 0.2) is 0 Å². The summed E-state index contributed by atoms with van der Waals surface area (Å²) in [6.07, 6.45) is 0.546. The molecule has 28 heavy (non-hydrogen) atoms. The lowest BCUT2D eigenvalue weighted by molar-refractivity contribution is 0.210. The monoisotopic (exact) mass is 378 g/mol. The maximum Gasteiger partial charge on any atom is 0.409 e. The van der Waals surface area contributed by atoms with Crippen molar-refractivity contribution in [1.82, 2.24) is 14.3 Å². The van der Waals surface area contributed by atoms with Crippen molar-refractivity contribution in [3.8, 4) is 5.75 Å². The molecule has 2 aromatic heterocycles. The fourth-order valence-corrected chi connectivity index (χ4v) is 3.42. The molecule has 8 nitrogen and oxygen atoms in total. The molecular weight excluding hydrogens is 360 g/mol. The van der Waals surface area contributed by atoms with Crippen LogP contribution in [0, 0.1) is 0 Å². The van der Waals surface area contributed by atoms with E-state index >= 15 is 0 Å². The van der Waals surface area contributed by atoms with Gasteiger partial charge in [0, 0.05) is 29.6 Å². The third-order valence-corrected chi connectivity index (χ3v) is 4.72. The topological polar surface area (TPSA) is 98.4 Å². The lowest BCUT2D eigenvalue weighted by Gasteiger charge is -2.07. The Morgan fingerprint density at radius 2 is 2.04 bits per heavy atom. The summed E-state index contributed by atoms with van der Waals surface area (Å²) in [5.74, 6) is 0.717. The highest BCUT2D eigenvalue weighted by molar-refractivity contribution is 6.07. The molecule has 0 aliphatic rings. The second-order valence-electron chi connectivity index (χ2n) is 6.44. The number of fused-ring (bicyclic) bond motifs is 3. The smallest absolute Gasteiger partial charge is 0.409 e. The Labute approximate surface area is 159 Å². The Morgan fingerprint density at radius 1 is 1.21 bits per heavy atom. The van der Waals surface area contributed by atoms with Gasteiger partial charge in [-0.3, -0.25) is 10.1 Å². The van der Waals surface area contributed by atoms with E-state index in [-0.39, 0.29) is 12.1 Å². The van der Waals surface area contributed by atoms with Crippen LogP contribution in [-0.4, -0.2) is 32.7 Å². The summed E-state index contributed by atoms with van der Waals surface area (Å²) in [5, 5.41) is 17.2. The highest BCUT2D eigenvalue weighted by Gasteiger charge is 2.15. The SMILES string of the molecule is COc1ccc2c3cnn(Cc4cccc(NC(=O)O)c4)c(=O)c3n(C)c2c1. The summed E-state index contributed by atoms with van der Waals surface area (Å²) in [6.45, 7) is 0.231. The zero-order valence-electron chi connectivity index (χ0n) is 15.3. The highest BCUT2D eigenvalue weighted by Crippen LogP contribution is 2.28. The molecule has 0 spiro atoms. The number of carbonyl (C=O) groups is 1. The first-order chi connectivity index (χ1) is 13.5. The van der Waals surface area contributed by atoms with Crippen LogP contribution >= 0.6 is 0 Å². The van der Waals surface area contributed by atoms with Crippen molar-refractivity contribution >= 4 is 33.6 Å². The van der Waals surface area contributed by atoms with Gasteiger partial charge in [-0.15, -0.1) is 0 Å². The summed E-state index contributed by atoms with van der Waals surface area (Å²) >= 11 is 0. The first-order valence-electron chi connectivity index (χ1n) is 8.59. The Balaban J connectivity index is 1.80. The van der Waals surface area contributed by atoms with Crippen LogP contribution in [0.3, 0.4) is 0 Å². The van der Waals surface area contributed by atoms with Gasteiger partial charge in [-0.2, -0.15) is 5.10 Å². The van der Waals surface area contributed by atoms with Crippen LogP contribution < -0.4 is 15.6 Å². The number of hydrogen-bond donors (Lipinski definition) is 2. The van der Waals surface area contributed by atoms with Crippen molar-refractivity contribution in [2.45, 2.75) is 6.54 Å². The largest absolute Gasteiger partial charge is 0.497 e. The second kappa shape index (κ2) is 6.73. The van der Waals surface area contributed by atoms with Crippen molar-refractivity contribution in [1.29, 1.82) is 0 Å². The minimum absolute atomic E-state index is 0.216. The first kappa shape index (κ1) is 17.6. The fraction of sp³-hybridized carbons (Fsp3) is 0.150. The van der Waals surface area contributed by atoms with Gasteiger partial charge in [0.2, 0.25) is 0 Å². The molecule has 0 unspecified atom stereocenters. The van der Waals surface area contributed by atoms with Crippen molar-refractivity contribution in [2.24, 2.45) is 7.05 Å². The summed E-state index contributed by atoms with van der Waals surface area (Å²) < 4.78 is 8.50. The summed E-state index contributed by atoms with van der Waals surface area (Å²) in [4.78, 5) is 23.9. The van der Waals surface area contributed by atoms with Crippen LogP contribution in [0.1, 0.15) is 5.56 Å². The third kappa shape index (κ3) is 2.94. The highest BCUT2D eigenvalue weighted by atomic mass is 16.5. The fourth-order valence-electron chi connectivity index (χ4n) is 3.42. The average Bonchev–Trinajstić information content (AvgIpc) is 2.96. The van der Waals surface area contributed by atoms with Crippen molar-refractivity contribution < 1.29 is 14.6 Å². The van der Waals surface area contributed by atoms with E-state index in [1.807, 2.05) is 35.9 Å². The molecule has 0 saturated heterocycles. The Morgan fingerprint density at radius 3 is 2.79 bits per heavy atom. The number of hydrogen-bond acceptors (Lipinski definition) is 4. The molecule has 2 heterocycles. The average molecular weight is 378 g/mol. The Kier molecular flexibility index (Phi) is 4.23. The minimum atomic E-state index is -1.14. The third-order valence-electron chi connectivity index (χ3n) is 4.72. The Hall–Kier alpha value is -3.81. The van der Waals surface area contributed by atoms with Gasteiger partial charge in [0.25, 0.3) is 5.56 Å². The molecule has 2 N–H and O–H groups in total. The maximum absolute atomic E-state index is 13.1. The van der Waals surface area contributed by atoms with Crippen molar-refractivity contribution in [3.05, 3.63) is 64.6 Å². The van der Waals surface area contributed by atoms with E-state index in [1.54, 1.807) is 31.5 Å². The number of aromatic nitrogens is 3. The lowest BCUT2D eigenvalue weighted by Crippen LogP contribution is -2.24. The van der Waals surface area contributed by atoms with Gasteiger partial charge in [-0.05, 0) is 29.8 Å². The second-order valence-corrected chi connectivity index (χ2v) is 6.44. The predicted molar refractivity (Wildman–Crippen MR) is 106 cm³/mol. The number of aryl methyl sites for hydroxylation is 1. The van der Waals surface area contributed by atoms with Crippen LogP contribution in [-0.2, 0) is 13.6 Å².